The molecule has 0 bridgehead atoms. The Balaban J connectivity index is 1.63. The monoisotopic (exact) mass is 408 g/mol. The van der Waals surface area contributed by atoms with Crippen LogP contribution >= 0.6 is 11.3 Å². The minimum atomic E-state index is -0.226. The van der Waals surface area contributed by atoms with Crippen LogP contribution < -0.4 is 4.90 Å². The van der Waals surface area contributed by atoms with E-state index in [4.69, 9.17) is 9.97 Å². The molecule has 6 heteroatoms. The quantitative estimate of drug-likeness (QED) is 0.527. The summed E-state index contributed by atoms with van der Waals surface area (Å²) in [7, 11) is 0. The molecule has 0 spiro atoms. The van der Waals surface area contributed by atoms with Gasteiger partial charge in [0.2, 0.25) is 0 Å². The molecule has 2 aromatic heterocycles. The summed E-state index contributed by atoms with van der Waals surface area (Å²) in [6.07, 6.45) is 12.3. The Hall–Kier alpha value is -2.34. The van der Waals surface area contributed by atoms with Crippen molar-refractivity contribution in [2.75, 3.05) is 18.0 Å². The average molecular weight is 409 g/mol. The zero-order valence-corrected chi connectivity index (χ0v) is 17.3. The molecule has 3 aromatic rings. The highest BCUT2D eigenvalue weighted by molar-refractivity contribution is 7.19. The molecule has 4 nitrogen and oxygen atoms in total. The molecular weight excluding hydrogens is 383 g/mol. The van der Waals surface area contributed by atoms with Crippen LogP contribution in [0.25, 0.3) is 21.8 Å². The van der Waals surface area contributed by atoms with Gasteiger partial charge in [0.1, 0.15) is 12.1 Å². The lowest BCUT2D eigenvalue weighted by Gasteiger charge is -2.25. The van der Waals surface area contributed by atoms with Crippen LogP contribution in [0.15, 0.2) is 36.8 Å². The third kappa shape index (κ3) is 3.78. The van der Waals surface area contributed by atoms with Crippen LogP contribution in [0.2, 0.25) is 0 Å². The highest BCUT2D eigenvalue weighted by Gasteiger charge is 2.26. The summed E-state index contributed by atoms with van der Waals surface area (Å²) in [5.74, 6) is 0.295. The van der Waals surface area contributed by atoms with E-state index in [9.17, 15) is 4.39 Å². The van der Waals surface area contributed by atoms with Crippen molar-refractivity contribution >= 4 is 16.5 Å². The van der Waals surface area contributed by atoms with Gasteiger partial charge in [-0.05, 0) is 62.3 Å². The summed E-state index contributed by atoms with van der Waals surface area (Å²) >= 11 is 1.72. The van der Waals surface area contributed by atoms with Gasteiger partial charge in [0.05, 0.1) is 16.3 Å². The molecule has 5 rings (SSSR count). The molecule has 1 aliphatic carbocycles. The van der Waals surface area contributed by atoms with Crippen LogP contribution in [0.3, 0.4) is 0 Å². The lowest BCUT2D eigenvalue weighted by atomic mass is 9.96. The standard InChI is InChI=1S/C23H25FN4S/c24-18-10-8-17(9-11-18)20-22(29-23(27-20)28-12-4-1-5-13-28)21-19(14-25-15-26-21)16-6-2-3-7-16/h8-11,14-16H,1-7,12-13H2. The zero-order valence-electron chi connectivity index (χ0n) is 16.5. The summed E-state index contributed by atoms with van der Waals surface area (Å²) in [6.45, 7) is 2.10. The molecule has 1 aliphatic heterocycles. The van der Waals surface area contributed by atoms with E-state index in [0.717, 1.165) is 40.0 Å². The second-order valence-corrected chi connectivity index (χ2v) is 9.01. The molecule has 0 N–H and O–H groups in total. The Labute approximate surface area is 174 Å². The van der Waals surface area contributed by atoms with Gasteiger partial charge >= 0.3 is 0 Å². The molecule has 0 amide bonds. The maximum absolute atomic E-state index is 13.5. The fraction of sp³-hybridized carbons (Fsp3) is 0.435. The van der Waals surface area contributed by atoms with Crippen LogP contribution in [-0.2, 0) is 0 Å². The highest BCUT2D eigenvalue weighted by atomic mass is 32.1. The number of piperidine rings is 1. The maximum Gasteiger partial charge on any atom is 0.186 e. The maximum atomic E-state index is 13.5. The minimum Gasteiger partial charge on any atom is -0.348 e. The van der Waals surface area contributed by atoms with Crippen molar-refractivity contribution in [1.29, 1.82) is 0 Å². The molecule has 1 saturated heterocycles. The second kappa shape index (κ2) is 8.19. The van der Waals surface area contributed by atoms with E-state index in [2.05, 4.69) is 9.88 Å². The smallest absolute Gasteiger partial charge is 0.186 e. The van der Waals surface area contributed by atoms with Crippen molar-refractivity contribution in [3.05, 3.63) is 48.2 Å². The Bertz CT molecular complexity index is 973. The first-order valence-corrected chi connectivity index (χ1v) is 11.4. The lowest BCUT2D eigenvalue weighted by molar-refractivity contribution is 0.577. The predicted octanol–water partition coefficient (Wildman–Crippen LogP) is 6.05. The fourth-order valence-electron chi connectivity index (χ4n) is 4.56. The average Bonchev–Trinajstić information content (AvgIpc) is 3.45. The molecule has 3 heterocycles. The molecule has 0 radical (unpaired) electrons. The fourth-order valence-corrected chi connectivity index (χ4v) is 5.72. The lowest BCUT2D eigenvalue weighted by Crippen LogP contribution is -2.29. The van der Waals surface area contributed by atoms with Crippen LogP contribution in [0.4, 0.5) is 9.52 Å². The number of hydrogen-bond acceptors (Lipinski definition) is 5. The van der Waals surface area contributed by atoms with Crippen molar-refractivity contribution in [2.45, 2.75) is 50.9 Å². The van der Waals surface area contributed by atoms with Crippen LogP contribution in [-0.4, -0.2) is 28.0 Å². The topological polar surface area (TPSA) is 41.9 Å². The van der Waals surface area contributed by atoms with Gasteiger partial charge in [0.15, 0.2) is 5.13 Å². The molecule has 2 fully saturated rings. The van der Waals surface area contributed by atoms with E-state index in [1.807, 2.05) is 18.3 Å². The molecule has 150 valence electrons. The largest absolute Gasteiger partial charge is 0.348 e. The number of halogens is 1. The SMILES string of the molecule is Fc1ccc(-c2nc(N3CCCCC3)sc2-c2ncncc2C2CCCC2)cc1. The van der Waals surface area contributed by atoms with E-state index in [-0.39, 0.29) is 5.82 Å². The highest BCUT2D eigenvalue weighted by Crippen LogP contribution is 2.45. The minimum absolute atomic E-state index is 0.226. The van der Waals surface area contributed by atoms with Gasteiger partial charge in [0, 0.05) is 30.4 Å². The van der Waals surface area contributed by atoms with Crippen molar-refractivity contribution in [3.8, 4) is 21.8 Å². The Morgan fingerprint density at radius 3 is 2.45 bits per heavy atom. The summed E-state index contributed by atoms with van der Waals surface area (Å²) < 4.78 is 13.5. The van der Waals surface area contributed by atoms with Gasteiger partial charge in [-0.3, -0.25) is 0 Å². The summed E-state index contributed by atoms with van der Waals surface area (Å²) in [4.78, 5) is 17.6. The molecule has 1 saturated carbocycles. The number of anilines is 1. The van der Waals surface area contributed by atoms with Crippen LogP contribution in [0, 0.1) is 5.82 Å². The Morgan fingerprint density at radius 1 is 0.931 bits per heavy atom. The van der Waals surface area contributed by atoms with E-state index < -0.39 is 0 Å². The van der Waals surface area contributed by atoms with Gasteiger partial charge in [-0.25, -0.2) is 19.3 Å². The number of aromatic nitrogens is 3. The summed E-state index contributed by atoms with van der Waals surface area (Å²) in [5.41, 5.74) is 4.10. The van der Waals surface area contributed by atoms with Crippen molar-refractivity contribution in [3.63, 3.8) is 0 Å². The number of hydrogen-bond donors (Lipinski definition) is 0. The molecule has 0 unspecified atom stereocenters. The first-order chi connectivity index (χ1) is 14.3. The number of rotatable bonds is 4. The summed E-state index contributed by atoms with van der Waals surface area (Å²) in [5, 5.41) is 1.05. The van der Waals surface area contributed by atoms with Gasteiger partial charge < -0.3 is 4.90 Å². The van der Waals surface area contributed by atoms with Gasteiger partial charge in [-0.2, -0.15) is 0 Å². The van der Waals surface area contributed by atoms with Crippen molar-refractivity contribution in [2.24, 2.45) is 0 Å². The van der Waals surface area contributed by atoms with Gasteiger partial charge in [0.25, 0.3) is 0 Å². The molecule has 0 atom stereocenters. The number of nitrogens with zero attached hydrogens (tertiary/aromatic N) is 4. The Kier molecular flexibility index (Phi) is 5.27. The molecular formula is C23H25FN4S. The number of benzene rings is 1. The summed E-state index contributed by atoms with van der Waals surface area (Å²) in [6, 6.07) is 6.67. The van der Waals surface area contributed by atoms with Gasteiger partial charge in [-0.1, -0.05) is 24.2 Å². The van der Waals surface area contributed by atoms with Gasteiger partial charge in [-0.15, -0.1) is 0 Å². The van der Waals surface area contributed by atoms with Crippen molar-refractivity contribution < 1.29 is 4.39 Å². The third-order valence-electron chi connectivity index (χ3n) is 6.11. The van der Waals surface area contributed by atoms with Crippen LogP contribution in [0.5, 0.6) is 0 Å². The van der Waals surface area contributed by atoms with E-state index in [1.165, 1.54) is 62.6 Å². The predicted molar refractivity (Wildman–Crippen MR) is 116 cm³/mol. The van der Waals surface area contributed by atoms with Crippen LogP contribution in [0.1, 0.15) is 56.4 Å². The van der Waals surface area contributed by atoms with E-state index in [0.29, 0.717) is 5.92 Å². The first-order valence-electron chi connectivity index (χ1n) is 10.6. The van der Waals surface area contributed by atoms with Crippen molar-refractivity contribution in [1.82, 2.24) is 15.0 Å². The first kappa shape index (κ1) is 18.7. The number of thiazole rings is 1. The molecule has 1 aromatic carbocycles. The Morgan fingerprint density at radius 2 is 1.69 bits per heavy atom. The third-order valence-corrected chi connectivity index (χ3v) is 7.23. The molecule has 29 heavy (non-hydrogen) atoms. The zero-order chi connectivity index (χ0) is 19.6. The second-order valence-electron chi connectivity index (χ2n) is 8.04. The molecule has 2 aliphatic rings. The van der Waals surface area contributed by atoms with E-state index >= 15 is 0 Å². The normalized spacial score (nSPS) is 17.8. The van der Waals surface area contributed by atoms with E-state index in [1.54, 1.807) is 17.7 Å².